The number of anilines is 1. The Labute approximate surface area is 122 Å². The first-order valence-corrected chi connectivity index (χ1v) is 6.65. The summed E-state index contributed by atoms with van der Waals surface area (Å²) in [5, 5.41) is 17.4. The van der Waals surface area contributed by atoms with Crippen LogP contribution < -0.4 is 10.6 Å². The summed E-state index contributed by atoms with van der Waals surface area (Å²) >= 11 is 0. The second-order valence-corrected chi connectivity index (χ2v) is 5.16. The first-order chi connectivity index (χ1) is 9.79. The molecule has 1 aromatic rings. The van der Waals surface area contributed by atoms with Crippen molar-refractivity contribution >= 4 is 23.7 Å². The number of aliphatic carboxylic acids is 1. The van der Waals surface area contributed by atoms with E-state index in [-0.39, 0.29) is 24.8 Å². The van der Waals surface area contributed by atoms with E-state index >= 15 is 0 Å². The molecule has 0 aliphatic carbocycles. The highest BCUT2D eigenvalue weighted by Gasteiger charge is 2.16. The number of hydrogen-bond donors (Lipinski definition) is 3. The van der Waals surface area contributed by atoms with Gasteiger partial charge in [0, 0.05) is 24.9 Å². The molecule has 1 unspecified atom stereocenters. The molecule has 3 N–H and O–H groups in total. The minimum atomic E-state index is -0.972. The van der Waals surface area contributed by atoms with Crippen LogP contribution in [0.2, 0.25) is 0 Å². The second kappa shape index (κ2) is 7.41. The molecule has 0 aliphatic heterocycles. The van der Waals surface area contributed by atoms with E-state index in [1.807, 2.05) is 13.8 Å². The zero-order valence-electron chi connectivity index (χ0n) is 12.3. The predicted octanol–water partition coefficient (Wildman–Crippen LogP) is 1.61. The quantitative estimate of drug-likeness (QED) is 0.738. The molecular formula is C13H20N4O4. The molecule has 1 atom stereocenters. The van der Waals surface area contributed by atoms with Gasteiger partial charge < -0.3 is 5.11 Å². The predicted molar refractivity (Wildman–Crippen MR) is 75.8 cm³/mol. The maximum absolute atomic E-state index is 11.7. The molecule has 1 aromatic heterocycles. The minimum Gasteiger partial charge on any atom is -0.481 e. The van der Waals surface area contributed by atoms with E-state index in [2.05, 4.69) is 15.7 Å². The van der Waals surface area contributed by atoms with E-state index in [1.54, 1.807) is 23.9 Å². The maximum atomic E-state index is 11.7. The molecule has 0 aromatic carbocycles. The van der Waals surface area contributed by atoms with Gasteiger partial charge in [-0.3, -0.25) is 20.2 Å². The summed E-state index contributed by atoms with van der Waals surface area (Å²) in [6.45, 7) is 5.46. The van der Waals surface area contributed by atoms with E-state index < -0.39 is 17.9 Å². The van der Waals surface area contributed by atoms with Crippen LogP contribution in [0, 0.1) is 5.92 Å². The van der Waals surface area contributed by atoms with Crippen molar-refractivity contribution in [3.8, 4) is 0 Å². The molecule has 1 rings (SSSR count). The molecular weight excluding hydrogens is 276 g/mol. The highest BCUT2D eigenvalue weighted by Crippen LogP contribution is 2.12. The van der Waals surface area contributed by atoms with Gasteiger partial charge in [0.1, 0.15) is 5.82 Å². The Hall–Kier alpha value is -2.38. The van der Waals surface area contributed by atoms with Crippen LogP contribution in [0.4, 0.5) is 10.6 Å². The number of amides is 3. The van der Waals surface area contributed by atoms with Crippen molar-refractivity contribution < 1.29 is 19.5 Å². The number of imide groups is 1. The number of carbonyl (C=O) groups is 3. The van der Waals surface area contributed by atoms with Crippen LogP contribution >= 0.6 is 0 Å². The molecule has 0 saturated heterocycles. The van der Waals surface area contributed by atoms with Crippen molar-refractivity contribution in [1.82, 2.24) is 15.1 Å². The number of carboxylic acid groups (broad SMARTS) is 1. The summed E-state index contributed by atoms with van der Waals surface area (Å²) in [5.74, 6) is -1.34. The third kappa shape index (κ3) is 5.64. The fraction of sp³-hybridized carbons (Fsp3) is 0.538. The first-order valence-electron chi connectivity index (χ1n) is 6.65. The highest BCUT2D eigenvalue weighted by molar-refractivity contribution is 6.00. The number of aromatic nitrogens is 2. The summed E-state index contributed by atoms with van der Waals surface area (Å²) in [6, 6.07) is 1.03. The van der Waals surface area contributed by atoms with Crippen LogP contribution in [-0.4, -0.2) is 32.8 Å². The number of nitrogens with one attached hydrogen (secondary N) is 2. The Morgan fingerprint density at radius 2 is 1.95 bits per heavy atom. The van der Waals surface area contributed by atoms with Crippen LogP contribution in [0.5, 0.6) is 0 Å². The van der Waals surface area contributed by atoms with Crippen LogP contribution in [0.25, 0.3) is 0 Å². The number of nitrogens with zero attached hydrogens (tertiary/aromatic N) is 2. The standard InChI is InChI=1S/C13H20N4O4/c1-8(2)17-10(4-5-14-17)15-13(21)16-11(18)6-9(3)7-12(19)20/h4-5,8-9H,6-7H2,1-3H3,(H,19,20)(H2,15,16,18,21). The molecule has 0 bridgehead atoms. The van der Waals surface area contributed by atoms with Crippen molar-refractivity contribution in [3.05, 3.63) is 12.3 Å². The third-order valence-electron chi connectivity index (χ3n) is 2.71. The van der Waals surface area contributed by atoms with Crippen molar-refractivity contribution in [1.29, 1.82) is 0 Å². The Kier molecular flexibility index (Phi) is 5.89. The van der Waals surface area contributed by atoms with Gasteiger partial charge in [-0.2, -0.15) is 5.10 Å². The monoisotopic (exact) mass is 296 g/mol. The lowest BCUT2D eigenvalue weighted by molar-refractivity contribution is -0.138. The van der Waals surface area contributed by atoms with Gasteiger partial charge in [0.05, 0.1) is 6.20 Å². The molecule has 21 heavy (non-hydrogen) atoms. The lowest BCUT2D eigenvalue weighted by Gasteiger charge is -2.12. The first kappa shape index (κ1) is 16.7. The van der Waals surface area contributed by atoms with E-state index in [9.17, 15) is 14.4 Å². The number of hydrogen-bond acceptors (Lipinski definition) is 4. The van der Waals surface area contributed by atoms with Crippen LogP contribution in [0.3, 0.4) is 0 Å². The molecule has 8 heteroatoms. The van der Waals surface area contributed by atoms with Gasteiger partial charge in [-0.05, 0) is 19.8 Å². The SMILES string of the molecule is CC(CC(=O)O)CC(=O)NC(=O)Nc1ccnn1C(C)C. The zero-order chi connectivity index (χ0) is 16.0. The molecule has 8 nitrogen and oxygen atoms in total. The van der Waals surface area contributed by atoms with Gasteiger partial charge in [-0.15, -0.1) is 0 Å². The summed E-state index contributed by atoms with van der Waals surface area (Å²) < 4.78 is 1.61. The van der Waals surface area contributed by atoms with Crippen molar-refractivity contribution in [2.75, 3.05) is 5.32 Å². The Balaban J connectivity index is 2.48. The summed E-state index contributed by atoms with van der Waals surface area (Å²) in [4.78, 5) is 33.8. The Bertz CT molecular complexity index is 524. The topological polar surface area (TPSA) is 113 Å². The molecule has 0 fully saturated rings. The van der Waals surface area contributed by atoms with Gasteiger partial charge in [-0.25, -0.2) is 9.48 Å². The average molecular weight is 296 g/mol. The minimum absolute atomic E-state index is 0.0246. The fourth-order valence-corrected chi connectivity index (χ4v) is 1.84. The number of carboxylic acids is 1. The third-order valence-corrected chi connectivity index (χ3v) is 2.71. The van der Waals surface area contributed by atoms with Gasteiger partial charge in [0.2, 0.25) is 5.91 Å². The smallest absolute Gasteiger partial charge is 0.327 e. The normalized spacial score (nSPS) is 12.0. The lowest BCUT2D eigenvalue weighted by Crippen LogP contribution is -2.36. The molecule has 0 aliphatic rings. The number of rotatable bonds is 6. The largest absolute Gasteiger partial charge is 0.481 e. The molecule has 116 valence electrons. The van der Waals surface area contributed by atoms with Gasteiger partial charge in [0.25, 0.3) is 0 Å². The van der Waals surface area contributed by atoms with Crippen LogP contribution in [-0.2, 0) is 9.59 Å². The summed E-state index contributed by atoms with van der Waals surface area (Å²) in [7, 11) is 0. The van der Waals surface area contributed by atoms with E-state index in [1.165, 1.54) is 0 Å². The zero-order valence-corrected chi connectivity index (χ0v) is 12.3. The maximum Gasteiger partial charge on any atom is 0.327 e. The van der Waals surface area contributed by atoms with Crippen molar-refractivity contribution in [2.45, 2.75) is 39.7 Å². The summed E-state index contributed by atoms with van der Waals surface area (Å²) in [6.07, 6.45) is 1.41. The second-order valence-electron chi connectivity index (χ2n) is 5.16. The van der Waals surface area contributed by atoms with E-state index in [4.69, 9.17) is 5.11 Å². The molecule has 1 heterocycles. The Morgan fingerprint density at radius 3 is 2.52 bits per heavy atom. The molecule has 3 amide bonds. The summed E-state index contributed by atoms with van der Waals surface area (Å²) in [5.41, 5.74) is 0. The fourth-order valence-electron chi connectivity index (χ4n) is 1.84. The Morgan fingerprint density at radius 1 is 1.29 bits per heavy atom. The van der Waals surface area contributed by atoms with Gasteiger partial charge in [0.15, 0.2) is 0 Å². The van der Waals surface area contributed by atoms with Crippen LogP contribution in [0.1, 0.15) is 39.7 Å². The number of urea groups is 1. The molecule has 0 spiro atoms. The van der Waals surface area contributed by atoms with Crippen molar-refractivity contribution in [3.63, 3.8) is 0 Å². The highest BCUT2D eigenvalue weighted by atomic mass is 16.4. The van der Waals surface area contributed by atoms with Gasteiger partial charge >= 0.3 is 12.0 Å². The van der Waals surface area contributed by atoms with Gasteiger partial charge in [-0.1, -0.05) is 6.92 Å². The van der Waals surface area contributed by atoms with E-state index in [0.29, 0.717) is 5.82 Å². The van der Waals surface area contributed by atoms with Crippen molar-refractivity contribution in [2.24, 2.45) is 5.92 Å². The van der Waals surface area contributed by atoms with E-state index in [0.717, 1.165) is 0 Å². The lowest BCUT2D eigenvalue weighted by atomic mass is 10.0. The molecule has 0 radical (unpaired) electrons. The molecule has 0 saturated carbocycles. The average Bonchev–Trinajstić information content (AvgIpc) is 2.74. The number of carbonyl (C=O) groups excluding carboxylic acids is 2. The van der Waals surface area contributed by atoms with Crippen LogP contribution in [0.15, 0.2) is 12.3 Å².